The molecule has 0 aliphatic heterocycles. The molecule has 0 bridgehead atoms. The molecule has 4 aromatic rings. The van der Waals surface area contributed by atoms with Gasteiger partial charge in [0, 0.05) is 29.1 Å². The number of aromatic nitrogens is 1. The molecule has 3 aromatic carbocycles. The molecule has 1 heterocycles. The lowest BCUT2D eigenvalue weighted by atomic mass is 10.1. The largest absolute Gasteiger partial charge is 0.497 e. The van der Waals surface area contributed by atoms with E-state index in [0.29, 0.717) is 34.5 Å². The number of hydrogen-bond acceptors (Lipinski definition) is 5. The van der Waals surface area contributed by atoms with Crippen LogP contribution in [-0.2, 0) is 11.3 Å². The minimum absolute atomic E-state index is 0.0890. The number of para-hydroxylation sites is 1. The van der Waals surface area contributed by atoms with Crippen molar-refractivity contribution in [1.29, 1.82) is 0 Å². The van der Waals surface area contributed by atoms with Crippen LogP contribution in [0.1, 0.15) is 5.56 Å². The summed E-state index contributed by atoms with van der Waals surface area (Å²) >= 11 is 0. The van der Waals surface area contributed by atoms with E-state index in [9.17, 15) is 9.59 Å². The van der Waals surface area contributed by atoms with Gasteiger partial charge >= 0.3 is 0 Å². The maximum atomic E-state index is 13.2. The summed E-state index contributed by atoms with van der Waals surface area (Å²) in [5.74, 6) is 1.07. The van der Waals surface area contributed by atoms with Crippen molar-refractivity contribution >= 4 is 33.4 Å². The van der Waals surface area contributed by atoms with Crippen molar-refractivity contribution in [3.05, 3.63) is 76.5 Å². The number of ether oxygens (including phenoxy) is 2. The monoisotopic (exact) mass is 417 g/mol. The van der Waals surface area contributed by atoms with Gasteiger partial charge in [-0.3, -0.25) is 9.59 Å². The second kappa shape index (κ2) is 8.49. The number of rotatable bonds is 6. The van der Waals surface area contributed by atoms with Crippen molar-refractivity contribution in [2.24, 2.45) is 5.73 Å². The van der Waals surface area contributed by atoms with Crippen molar-refractivity contribution < 1.29 is 14.3 Å². The fraction of sp³-hybridized carbons (Fsp3) is 0.167. The third-order valence-corrected chi connectivity index (χ3v) is 5.19. The zero-order valence-electron chi connectivity index (χ0n) is 17.3. The first-order chi connectivity index (χ1) is 15.0. The van der Waals surface area contributed by atoms with E-state index in [4.69, 9.17) is 15.2 Å². The minimum atomic E-state index is -0.316. The molecule has 4 rings (SSSR count). The Morgan fingerprint density at radius 3 is 2.29 bits per heavy atom. The maximum Gasteiger partial charge on any atom is 0.238 e. The molecule has 0 aliphatic carbocycles. The summed E-state index contributed by atoms with van der Waals surface area (Å²) < 4.78 is 12.9. The molecule has 7 heteroatoms. The number of pyridine rings is 1. The van der Waals surface area contributed by atoms with Gasteiger partial charge in [-0.1, -0.05) is 12.1 Å². The van der Waals surface area contributed by atoms with E-state index in [2.05, 4.69) is 9.88 Å². The first-order valence-electron chi connectivity index (χ1n) is 9.81. The Hall–Kier alpha value is -3.84. The van der Waals surface area contributed by atoms with Crippen molar-refractivity contribution in [2.45, 2.75) is 6.54 Å². The van der Waals surface area contributed by atoms with Crippen LogP contribution in [0.2, 0.25) is 0 Å². The van der Waals surface area contributed by atoms with Gasteiger partial charge in [-0.2, -0.15) is 0 Å². The van der Waals surface area contributed by atoms with Crippen LogP contribution >= 0.6 is 0 Å². The van der Waals surface area contributed by atoms with Gasteiger partial charge in [-0.05, 0) is 48.0 Å². The zero-order chi connectivity index (χ0) is 22.0. The van der Waals surface area contributed by atoms with E-state index in [1.807, 2.05) is 48.5 Å². The zero-order valence-corrected chi connectivity index (χ0v) is 17.3. The minimum Gasteiger partial charge on any atom is -0.497 e. The van der Waals surface area contributed by atoms with E-state index >= 15 is 0 Å². The lowest BCUT2D eigenvalue weighted by Crippen LogP contribution is -2.22. The molecular formula is C24H23N3O4. The highest BCUT2D eigenvalue weighted by Gasteiger charge is 2.13. The highest BCUT2D eigenvalue weighted by atomic mass is 16.5. The molecule has 0 radical (unpaired) electrons. The van der Waals surface area contributed by atoms with Crippen LogP contribution in [0, 0.1) is 0 Å². The van der Waals surface area contributed by atoms with Gasteiger partial charge in [0.2, 0.25) is 5.91 Å². The second-order valence-electron chi connectivity index (χ2n) is 7.14. The van der Waals surface area contributed by atoms with E-state index in [1.54, 1.807) is 26.4 Å². The number of anilines is 1. The molecule has 0 unspecified atom stereocenters. The number of hydrogen-bond donors (Lipinski definition) is 2. The van der Waals surface area contributed by atoms with Gasteiger partial charge in [0.1, 0.15) is 11.5 Å². The predicted octanol–water partition coefficient (Wildman–Crippen LogP) is 3.12. The third-order valence-electron chi connectivity index (χ3n) is 5.19. The van der Waals surface area contributed by atoms with Crippen LogP contribution in [0.3, 0.4) is 0 Å². The Balaban J connectivity index is 1.94. The number of methoxy groups -OCH3 is 2. The molecule has 0 spiro atoms. The molecular weight excluding hydrogens is 394 g/mol. The maximum absolute atomic E-state index is 13.2. The normalized spacial score (nSPS) is 10.9. The standard InChI is InChI=1S/C24H23N3O4/c1-30-17-9-15(10-18(12-17)31-2)14-27-21-6-4-3-5-19(21)24(29)20-11-16(7-8-22(20)27)26-23(28)13-25/h3-12H,13-14,25H2,1-2H3,(H,26,28). The summed E-state index contributed by atoms with van der Waals surface area (Å²) in [6.07, 6.45) is 0. The lowest BCUT2D eigenvalue weighted by Gasteiger charge is -2.17. The molecule has 1 aromatic heterocycles. The van der Waals surface area contributed by atoms with Gasteiger partial charge in [0.05, 0.1) is 31.8 Å². The Morgan fingerprint density at radius 1 is 0.935 bits per heavy atom. The van der Waals surface area contributed by atoms with Crippen LogP contribution in [0.25, 0.3) is 21.8 Å². The number of carbonyl (C=O) groups excluding carboxylic acids is 1. The number of amides is 1. The molecule has 158 valence electrons. The molecule has 0 atom stereocenters. The fourth-order valence-electron chi connectivity index (χ4n) is 3.73. The van der Waals surface area contributed by atoms with Crippen LogP contribution in [-0.4, -0.2) is 31.2 Å². The van der Waals surface area contributed by atoms with Crippen LogP contribution in [0.4, 0.5) is 5.69 Å². The van der Waals surface area contributed by atoms with Crippen molar-refractivity contribution in [3.8, 4) is 11.5 Å². The Kier molecular flexibility index (Phi) is 5.60. The average Bonchev–Trinajstić information content (AvgIpc) is 2.81. The summed E-state index contributed by atoms with van der Waals surface area (Å²) in [6, 6.07) is 18.5. The van der Waals surface area contributed by atoms with E-state index in [1.165, 1.54) is 0 Å². The number of nitrogens with zero attached hydrogens (tertiary/aromatic N) is 1. The molecule has 0 saturated heterocycles. The number of nitrogens with two attached hydrogens (primary N) is 1. The van der Waals surface area contributed by atoms with Gasteiger partial charge in [-0.15, -0.1) is 0 Å². The number of carbonyl (C=O) groups is 1. The van der Waals surface area contributed by atoms with Crippen LogP contribution in [0.15, 0.2) is 65.5 Å². The van der Waals surface area contributed by atoms with Crippen molar-refractivity contribution in [1.82, 2.24) is 4.57 Å². The van der Waals surface area contributed by atoms with Gasteiger partial charge in [0.25, 0.3) is 0 Å². The van der Waals surface area contributed by atoms with Crippen LogP contribution in [0.5, 0.6) is 11.5 Å². The van der Waals surface area contributed by atoms with Gasteiger partial charge < -0.3 is 25.1 Å². The molecule has 3 N–H and O–H groups in total. The Morgan fingerprint density at radius 2 is 1.61 bits per heavy atom. The highest BCUT2D eigenvalue weighted by Crippen LogP contribution is 2.27. The van der Waals surface area contributed by atoms with E-state index in [0.717, 1.165) is 16.6 Å². The van der Waals surface area contributed by atoms with Gasteiger partial charge in [0.15, 0.2) is 5.43 Å². The molecule has 31 heavy (non-hydrogen) atoms. The van der Waals surface area contributed by atoms with Crippen molar-refractivity contribution in [3.63, 3.8) is 0 Å². The summed E-state index contributed by atoms with van der Waals surface area (Å²) in [5.41, 5.74) is 8.38. The lowest BCUT2D eigenvalue weighted by molar-refractivity contribution is -0.114. The number of nitrogens with one attached hydrogen (secondary N) is 1. The Labute approximate surface area is 179 Å². The fourth-order valence-corrected chi connectivity index (χ4v) is 3.73. The molecule has 0 saturated carbocycles. The summed E-state index contributed by atoms with van der Waals surface area (Å²) in [6.45, 7) is 0.372. The van der Waals surface area contributed by atoms with Crippen LogP contribution < -0.4 is 26.0 Å². The molecule has 0 fully saturated rings. The highest BCUT2D eigenvalue weighted by molar-refractivity contribution is 5.98. The summed E-state index contributed by atoms with van der Waals surface area (Å²) in [4.78, 5) is 24.9. The summed E-state index contributed by atoms with van der Waals surface area (Å²) in [7, 11) is 3.22. The molecule has 1 amide bonds. The third kappa shape index (κ3) is 3.95. The predicted molar refractivity (Wildman–Crippen MR) is 122 cm³/mol. The number of benzene rings is 3. The molecule has 0 aliphatic rings. The van der Waals surface area contributed by atoms with E-state index in [-0.39, 0.29) is 17.9 Å². The quantitative estimate of drug-likeness (QED) is 0.470. The molecule has 7 nitrogen and oxygen atoms in total. The second-order valence-corrected chi connectivity index (χ2v) is 7.14. The van der Waals surface area contributed by atoms with Gasteiger partial charge in [-0.25, -0.2) is 0 Å². The topological polar surface area (TPSA) is 95.6 Å². The summed E-state index contributed by atoms with van der Waals surface area (Å²) in [5, 5.41) is 3.83. The SMILES string of the molecule is COc1cc(Cn2c3ccccc3c(=O)c3cc(NC(=O)CN)ccc32)cc(OC)c1. The smallest absolute Gasteiger partial charge is 0.238 e. The first-order valence-corrected chi connectivity index (χ1v) is 9.81. The number of fused-ring (bicyclic) bond motifs is 2. The van der Waals surface area contributed by atoms with E-state index < -0.39 is 0 Å². The van der Waals surface area contributed by atoms with Crippen molar-refractivity contribution in [2.75, 3.05) is 26.1 Å². The average molecular weight is 417 g/mol. The Bertz CT molecular complexity index is 1320. The first kappa shape index (κ1) is 20.4.